The molecule has 0 radical (unpaired) electrons. The second-order valence-electron chi connectivity index (χ2n) is 7.06. The van der Waals surface area contributed by atoms with Crippen molar-refractivity contribution in [3.8, 4) is 0 Å². The molecule has 0 aliphatic heterocycles. The zero-order valence-electron chi connectivity index (χ0n) is 17.7. The lowest BCUT2D eigenvalue weighted by Gasteiger charge is -2.31. The lowest BCUT2D eigenvalue weighted by Crippen LogP contribution is -2.49. The van der Waals surface area contributed by atoms with E-state index in [2.05, 4.69) is 5.32 Å². The predicted octanol–water partition coefficient (Wildman–Crippen LogP) is 6.21. The standard InChI is InChI=1S/C23H27Cl3N2O2S/c1-3-11-27-23(30)21(4-2)28(13-18-19(25)9-6-10-20(18)26)22(29)15-31-14-16-7-5-8-17(24)12-16/h5-10,12,21H,3-4,11,13-15H2,1-2H3,(H,27,30). The molecule has 0 bridgehead atoms. The first-order valence-corrected chi connectivity index (χ1v) is 12.5. The summed E-state index contributed by atoms with van der Waals surface area (Å²) in [6.45, 7) is 4.62. The minimum atomic E-state index is -0.599. The van der Waals surface area contributed by atoms with E-state index >= 15 is 0 Å². The maximum atomic E-state index is 13.2. The minimum absolute atomic E-state index is 0.137. The molecule has 168 valence electrons. The SMILES string of the molecule is CCCNC(=O)C(CC)N(Cc1c(Cl)cccc1Cl)C(=O)CSCc1cccc(Cl)c1. The van der Waals surface area contributed by atoms with Crippen LogP contribution in [0.2, 0.25) is 15.1 Å². The molecule has 4 nitrogen and oxygen atoms in total. The molecular formula is C23H27Cl3N2O2S. The Kier molecular flexibility index (Phi) is 11.0. The van der Waals surface area contributed by atoms with Crippen molar-refractivity contribution >= 4 is 58.4 Å². The summed E-state index contributed by atoms with van der Waals surface area (Å²) in [6.07, 6.45) is 1.31. The molecule has 0 heterocycles. The van der Waals surface area contributed by atoms with Crippen molar-refractivity contribution in [3.05, 3.63) is 68.7 Å². The molecule has 0 aliphatic rings. The minimum Gasteiger partial charge on any atom is -0.354 e. The highest BCUT2D eigenvalue weighted by Gasteiger charge is 2.29. The molecule has 0 saturated carbocycles. The molecule has 1 unspecified atom stereocenters. The number of amides is 2. The van der Waals surface area contributed by atoms with Crippen LogP contribution >= 0.6 is 46.6 Å². The molecule has 1 atom stereocenters. The average Bonchev–Trinajstić information content (AvgIpc) is 2.74. The van der Waals surface area contributed by atoms with Crippen LogP contribution in [0.4, 0.5) is 0 Å². The fourth-order valence-corrected chi connectivity index (χ4v) is 4.69. The van der Waals surface area contributed by atoms with Crippen LogP contribution in [0.25, 0.3) is 0 Å². The fourth-order valence-electron chi connectivity index (χ4n) is 3.11. The molecule has 2 aromatic carbocycles. The Morgan fingerprint density at radius 3 is 2.35 bits per heavy atom. The molecule has 8 heteroatoms. The quantitative estimate of drug-likeness (QED) is 0.398. The van der Waals surface area contributed by atoms with Gasteiger partial charge in [-0.05, 0) is 42.7 Å². The largest absolute Gasteiger partial charge is 0.354 e. The first-order chi connectivity index (χ1) is 14.9. The van der Waals surface area contributed by atoms with E-state index in [1.165, 1.54) is 11.8 Å². The molecular weight excluding hydrogens is 475 g/mol. The van der Waals surface area contributed by atoms with E-state index in [1.54, 1.807) is 23.1 Å². The predicted molar refractivity (Wildman–Crippen MR) is 132 cm³/mol. The van der Waals surface area contributed by atoms with Gasteiger partial charge in [-0.2, -0.15) is 0 Å². The number of benzene rings is 2. The van der Waals surface area contributed by atoms with Crippen LogP contribution in [0.5, 0.6) is 0 Å². The third-order valence-corrected chi connectivity index (χ3v) is 6.64. The smallest absolute Gasteiger partial charge is 0.242 e. The number of carbonyl (C=O) groups is 2. The number of hydrogen-bond donors (Lipinski definition) is 1. The van der Waals surface area contributed by atoms with Gasteiger partial charge in [0.25, 0.3) is 0 Å². The summed E-state index contributed by atoms with van der Waals surface area (Å²) in [5.41, 5.74) is 1.68. The molecule has 2 rings (SSSR count). The first-order valence-electron chi connectivity index (χ1n) is 10.2. The van der Waals surface area contributed by atoms with E-state index in [4.69, 9.17) is 34.8 Å². The Balaban J connectivity index is 2.18. The number of halogens is 3. The van der Waals surface area contributed by atoms with Crippen LogP contribution in [-0.4, -0.2) is 35.1 Å². The van der Waals surface area contributed by atoms with Crippen molar-refractivity contribution in [1.82, 2.24) is 10.2 Å². The molecule has 31 heavy (non-hydrogen) atoms. The van der Waals surface area contributed by atoms with E-state index in [1.807, 2.05) is 38.1 Å². The van der Waals surface area contributed by atoms with Crippen molar-refractivity contribution in [1.29, 1.82) is 0 Å². The Labute approximate surface area is 203 Å². The summed E-state index contributed by atoms with van der Waals surface area (Å²) in [6, 6.07) is 12.2. The molecule has 2 aromatic rings. The fraction of sp³-hybridized carbons (Fsp3) is 0.391. The van der Waals surface area contributed by atoms with E-state index in [0.717, 1.165) is 12.0 Å². The molecule has 0 aromatic heterocycles. The van der Waals surface area contributed by atoms with Crippen LogP contribution in [-0.2, 0) is 21.9 Å². The molecule has 2 amide bonds. The maximum absolute atomic E-state index is 13.2. The highest BCUT2D eigenvalue weighted by atomic mass is 35.5. The second-order valence-corrected chi connectivity index (χ2v) is 9.30. The van der Waals surface area contributed by atoms with Crippen LogP contribution in [0.1, 0.15) is 37.8 Å². The van der Waals surface area contributed by atoms with E-state index < -0.39 is 6.04 Å². The Bertz CT molecular complexity index is 875. The summed E-state index contributed by atoms with van der Waals surface area (Å²) in [7, 11) is 0. The van der Waals surface area contributed by atoms with Crippen LogP contribution in [0.15, 0.2) is 42.5 Å². The van der Waals surface area contributed by atoms with Crippen molar-refractivity contribution < 1.29 is 9.59 Å². The molecule has 1 N–H and O–H groups in total. The van der Waals surface area contributed by atoms with Crippen molar-refractivity contribution in [2.45, 2.75) is 45.0 Å². The van der Waals surface area contributed by atoms with Gasteiger partial charge in [0.15, 0.2) is 0 Å². The van der Waals surface area contributed by atoms with E-state index in [-0.39, 0.29) is 24.1 Å². The summed E-state index contributed by atoms with van der Waals surface area (Å²) in [4.78, 5) is 27.6. The number of nitrogens with zero attached hydrogens (tertiary/aromatic N) is 1. The van der Waals surface area contributed by atoms with Crippen molar-refractivity contribution in [2.75, 3.05) is 12.3 Å². The van der Waals surface area contributed by atoms with Crippen LogP contribution in [0.3, 0.4) is 0 Å². The van der Waals surface area contributed by atoms with Gasteiger partial charge in [-0.15, -0.1) is 11.8 Å². The van der Waals surface area contributed by atoms with Gasteiger partial charge in [-0.1, -0.05) is 66.8 Å². The maximum Gasteiger partial charge on any atom is 0.242 e. The van der Waals surface area contributed by atoms with Gasteiger partial charge in [-0.25, -0.2) is 0 Å². The highest BCUT2D eigenvalue weighted by Crippen LogP contribution is 2.27. The monoisotopic (exact) mass is 500 g/mol. The van der Waals surface area contributed by atoms with Gasteiger partial charge in [0.05, 0.1) is 5.75 Å². The lowest BCUT2D eigenvalue weighted by molar-refractivity contribution is -0.139. The van der Waals surface area contributed by atoms with Crippen LogP contribution in [0, 0.1) is 0 Å². The summed E-state index contributed by atoms with van der Waals surface area (Å²) < 4.78 is 0. The summed E-state index contributed by atoms with van der Waals surface area (Å²) in [5.74, 6) is 0.569. The van der Waals surface area contributed by atoms with Crippen molar-refractivity contribution in [3.63, 3.8) is 0 Å². The average molecular weight is 502 g/mol. The number of thioether (sulfide) groups is 1. The number of rotatable bonds is 11. The Morgan fingerprint density at radius 2 is 1.74 bits per heavy atom. The molecule has 0 spiro atoms. The van der Waals surface area contributed by atoms with E-state index in [9.17, 15) is 9.59 Å². The van der Waals surface area contributed by atoms with Crippen LogP contribution < -0.4 is 5.32 Å². The van der Waals surface area contributed by atoms with Gasteiger partial charge < -0.3 is 10.2 Å². The van der Waals surface area contributed by atoms with E-state index in [0.29, 0.717) is 39.3 Å². The zero-order valence-corrected chi connectivity index (χ0v) is 20.8. The van der Waals surface area contributed by atoms with Gasteiger partial charge in [0, 0.05) is 39.5 Å². The third-order valence-electron chi connectivity index (χ3n) is 4.71. The van der Waals surface area contributed by atoms with Crippen molar-refractivity contribution in [2.24, 2.45) is 0 Å². The molecule has 0 aliphatic carbocycles. The second kappa shape index (κ2) is 13.2. The topological polar surface area (TPSA) is 49.4 Å². The number of hydrogen-bond acceptors (Lipinski definition) is 3. The Morgan fingerprint density at radius 1 is 1.06 bits per heavy atom. The molecule has 0 saturated heterocycles. The summed E-state index contributed by atoms with van der Waals surface area (Å²) in [5, 5.41) is 4.51. The number of carbonyl (C=O) groups excluding carboxylic acids is 2. The van der Waals surface area contributed by atoms with Gasteiger partial charge in [-0.3, -0.25) is 9.59 Å². The summed E-state index contributed by atoms with van der Waals surface area (Å²) >= 11 is 20.2. The van der Waals surface area contributed by atoms with Gasteiger partial charge in [0.1, 0.15) is 6.04 Å². The van der Waals surface area contributed by atoms with Gasteiger partial charge in [0.2, 0.25) is 11.8 Å². The Hall–Kier alpha value is -1.40. The lowest BCUT2D eigenvalue weighted by atomic mass is 10.1. The van der Waals surface area contributed by atoms with Gasteiger partial charge >= 0.3 is 0 Å². The molecule has 0 fully saturated rings. The first kappa shape index (κ1) is 25.9. The zero-order chi connectivity index (χ0) is 22.8. The third kappa shape index (κ3) is 7.90. The number of nitrogens with one attached hydrogen (secondary N) is 1. The highest BCUT2D eigenvalue weighted by molar-refractivity contribution is 7.99. The normalized spacial score (nSPS) is 11.8.